The summed E-state index contributed by atoms with van der Waals surface area (Å²) in [5.74, 6) is 0. The summed E-state index contributed by atoms with van der Waals surface area (Å²) in [7, 11) is -1.54. The monoisotopic (exact) mass is 248 g/mol. The molecule has 0 aliphatic carbocycles. The lowest BCUT2D eigenvalue weighted by molar-refractivity contribution is 0.579. The van der Waals surface area contributed by atoms with Crippen LogP contribution in [0.15, 0.2) is 11.0 Å². The van der Waals surface area contributed by atoms with Crippen molar-refractivity contribution in [1.82, 2.24) is 10.0 Å². The van der Waals surface area contributed by atoms with E-state index >= 15 is 0 Å². The van der Waals surface area contributed by atoms with Gasteiger partial charge in [-0.3, -0.25) is 0 Å². The van der Waals surface area contributed by atoms with E-state index in [2.05, 4.69) is 10.0 Å². The minimum Gasteiger partial charge on any atom is -0.318 e. The molecule has 0 fully saturated rings. The van der Waals surface area contributed by atoms with Crippen LogP contribution in [0.2, 0.25) is 0 Å². The molecule has 1 aromatic heterocycles. The van der Waals surface area contributed by atoms with Crippen molar-refractivity contribution >= 4 is 21.4 Å². The summed E-state index contributed by atoms with van der Waals surface area (Å²) in [5.41, 5.74) is 0. The van der Waals surface area contributed by atoms with E-state index in [0.717, 1.165) is 9.75 Å². The van der Waals surface area contributed by atoms with Crippen molar-refractivity contribution in [3.63, 3.8) is 0 Å². The minimum atomic E-state index is -3.32. The average molecular weight is 248 g/mol. The Morgan fingerprint density at radius 3 is 2.47 bits per heavy atom. The molecule has 1 rings (SSSR count). The molecule has 0 spiro atoms. The third-order valence-corrected chi connectivity index (χ3v) is 4.63. The number of hydrogen-bond donors (Lipinski definition) is 2. The molecule has 0 aromatic carbocycles. The van der Waals surface area contributed by atoms with Gasteiger partial charge in [0.2, 0.25) is 10.0 Å². The van der Waals surface area contributed by atoms with Crippen LogP contribution in [-0.2, 0) is 10.0 Å². The summed E-state index contributed by atoms with van der Waals surface area (Å²) in [6, 6.07) is 1.71. The van der Waals surface area contributed by atoms with Crippen LogP contribution in [0.3, 0.4) is 0 Å². The van der Waals surface area contributed by atoms with Gasteiger partial charge in [-0.15, -0.1) is 11.3 Å². The number of likely N-dealkylation sites (N-methyl/N-ethyl adjacent to an activating group) is 1. The van der Waals surface area contributed by atoms with E-state index < -0.39 is 10.0 Å². The topological polar surface area (TPSA) is 58.2 Å². The number of aryl methyl sites for hydroxylation is 2. The Morgan fingerprint density at radius 1 is 1.33 bits per heavy atom. The minimum absolute atomic E-state index is 0.404. The van der Waals surface area contributed by atoms with Crippen molar-refractivity contribution in [3.05, 3.63) is 15.8 Å². The van der Waals surface area contributed by atoms with Crippen LogP contribution in [0.4, 0.5) is 0 Å². The van der Waals surface area contributed by atoms with Gasteiger partial charge in [0.15, 0.2) is 0 Å². The normalized spacial score (nSPS) is 11.9. The van der Waals surface area contributed by atoms with Crippen LogP contribution >= 0.6 is 11.3 Å². The molecule has 0 radical (unpaired) electrons. The smallest absolute Gasteiger partial charge is 0.241 e. The van der Waals surface area contributed by atoms with Crippen molar-refractivity contribution in [1.29, 1.82) is 0 Å². The fraction of sp³-hybridized carbons (Fsp3) is 0.556. The van der Waals surface area contributed by atoms with Crippen molar-refractivity contribution in [2.75, 3.05) is 20.1 Å². The molecule has 86 valence electrons. The van der Waals surface area contributed by atoms with Gasteiger partial charge in [0.25, 0.3) is 0 Å². The Balaban J connectivity index is 2.82. The van der Waals surface area contributed by atoms with Crippen LogP contribution in [0.5, 0.6) is 0 Å². The summed E-state index contributed by atoms with van der Waals surface area (Å²) in [4.78, 5) is 2.26. The summed E-state index contributed by atoms with van der Waals surface area (Å²) in [6.45, 7) is 4.77. The first-order valence-corrected chi connectivity index (χ1v) is 6.98. The molecular formula is C9H16N2O2S2. The van der Waals surface area contributed by atoms with Gasteiger partial charge in [-0.2, -0.15) is 0 Å². The summed E-state index contributed by atoms with van der Waals surface area (Å²) >= 11 is 1.50. The predicted octanol–water partition coefficient (Wildman–Crippen LogP) is 0.863. The Labute approximate surface area is 94.8 Å². The van der Waals surface area contributed by atoms with Crippen molar-refractivity contribution in [2.24, 2.45) is 0 Å². The van der Waals surface area contributed by atoms with E-state index in [1.165, 1.54) is 11.3 Å². The molecule has 0 amide bonds. The number of hydrogen-bond acceptors (Lipinski definition) is 4. The molecule has 6 heteroatoms. The molecule has 0 aliphatic heterocycles. The number of sulfonamides is 1. The molecule has 1 aromatic rings. The van der Waals surface area contributed by atoms with Crippen molar-refractivity contribution < 1.29 is 8.42 Å². The largest absolute Gasteiger partial charge is 0.318 e. The van der Waals surface area contributed by atoms with Gasteiger partial charge in [-0.25, -0.2) is 13.1 Å². The molecule has 0 unspecified atom stereocenters. The van der Waals surface area contributed by atoms with Gasteiger partial charge in [0.1, 0.15) is 0 Å². The molecule has 0 atom stereocenters. The van der Waals surface area contributed by atoms with Crippen molar-refractivity contribution in [2.45, 2.75) is 18.7 Å². The van der Waals surface area contributed by atoms with Crippen LogP contribution < -0.4 is 10.0 Å². The lowest BCUT2D eigenvalue weighted by Crippen LogP contribution is -2.30. The fourth-order valence-corrected chi connectivity index (χ4v) is 3.85. The molecule has 15 heavy (non-hydrogen) atoms. The zero-order chi connectivity index (χ0) is 11.5. The Morgan fingerprint density at radius 2 is 2.00 bits per heavy atom. The van der Waals surface area contributed by atoms with E-state index in [-0.39, 0.29) is 0 Å². The quantitative estimate of drug-likeness (QED) is 0.760. The zero-order valence-corrected chi connectivity index (χ0v) is 10.8. The van der Waals surface area contributed by atoms with E-state index in [1.807, 2.05) is 13.8 Å². The third kappa shape index (κ3) is 3.27. The van der Waals surface area contributed by atoms with E-state index in [4.69, 9.17) is 0 Å². The van der Waals surface area contributed by atoms with E-state index in [9.17, 15) is 8.42 Å². The van der Waals surface area contributed by atoms with E-state index in [1.54, 1.807) is 13.1 Å². The molecule has 0 saturated heterocycles. The SMILES string of the molecule is CNCCNS(=O)(=O)c1cc(C)sc1C. The maximum atomic E-state index is 11.8. The number of nitrogens with one attached hydrogen (secondary N) is 2. The predicted molar refractivity (Wildman–Crippen MR) is 62.9 cm³/mol. The maximum absolute atomic E-state index is 11.8. The molecule has 2 N–H and O–H groups in total. The molecular weight excluding hydrogens is 232 g/mol. The van der Waals surface area contributed by atoms with Gasteiger partial charge in [0, 0.05) is 22.8 Å². The van der Waals surface area contributed by atoms with E-state index in [0.29, 0.717) is 18.0 Å². The molecule has 0 aliphatic rings. The summed E-state index contributed by atoms with van der Waals surface area (Å²) in [5, 5.41) is 2.89. The highest BCUT2D eigenvalue weighted by atomic mass is 32.2. The molecule has 0 bridgehead atoms. The third-order valence-electron chi connectivity index (χ3n) is 1.95. The second-order valence-electron chi connectivity index (χ2n) is 3.28. The molecule has 0 saturated carbocycles. The summed E-state index contributed by atoms with van der Waals surface area (Å²) < 4.78 is 26.2. The highest BCUT2D eigenvalue weighted by molar-refractivity contribution is 7.89. The lowest BCUT2D eigenvalue weighted by Gasteiger charge is -2.05. The first-order chi connectivity index (χ1) is 6.97. The van der Waals surface area contributed by atoms with Crippen molar-refractivity contribution in [3.8, 4) is 0 Å². The second-order valence-corrected chi connectivity index (χ2v) is 6.47. The zero-order valence-electron chi connectivity index (χ0n) is 9.12. The first kappa shape index (κ1) is 12.6. The van der Waals surface area contributed by atoms with Crippen LogP contribution in [0.25, 0.3) is 0 Å². The highest BCUT2D eigenvalue weighted by Crippen LogP contribution is 2.24. The van der Waals surface area contributed by atoms with Gasteiger partial charge in [0.05, 0.1) is 4.90 Å². The average Bonchev–Trinajstić information content (AvgIpc) is 2.46. The molecule has 1 heterocycles. The van der Waals surface area contributed by atoms with Gasteiger partial charge >= 0.3 is 0 Å². The number of rotatable bonds is 5. The Hall–Kier alpha value is -0.430. The van der Waals surface area contributed by atoms with Gasteiger partial charge in [-0.05, 0) is 27.0 Å². The van der Waals surface area contributed by atoms with Gasteiger partial charge < -0.3 is 5.32 Å². The Bertz CT molecular complexity index is 423. The highest BCUT2D eigenvalue weighted by Gasteiger charge is 2.17. The summed E-state index contributed by atoms with van der Waals surface area (Å²) in [6.07, 6.45) is 0. The van der Waals surface area contributed by atoms with Gasteiger partial charge in [-0.1, -0.05) is 0 Å². The van der Waals surface area contributed by atoms with Crippen LogP contribution in [0.1, 0.15) is 9.75 Å². The Kier molecular flexibility index (Phi) is 4.27. The first-order valence-electron chi connectivity index (χ1n) is 4.68. The second kappa shape index (κ2) is 5.07. The fourth-order valence-electron chi connectivity index (χ4n) is 1.26. The number of thiophene rings is 1. The van der Waals surface area contributed by atoms with Crippen LogP contribution in [-0.4, -0.2) is 28.6 Å². The van der Waals surface area contributed by atoms with Crippen LogP contribution in [0, 0.1) is 13.8 Å². The standard InChI is InChI=1S/C9H16N2O2S2/c1-7-6-9(8(2)14-7)15(12,13)11-5-4-10-3/h6,10-11H,4-5H2,1-3H3. The molecule has 4 nitrogen and oxygen atoms in total. The maximum Gasteiger partial charge on any atom is 0.241 e. The lowest BCUT2D eigenvalue weighted by atomic mass is 10.4.